The van der Waals surface area contributed by atoms with Crippen molar-refractivity contribution in [3.05, 3.63) is 237 Å². The number of nitrogens with zero attached hydrogens (tertiary/aromatic N) is 3. The van der Waals surface area contributed by atoms with Crippen LogP contribution in [0, 0.1) is 0 Å². The molecule has 0 saturated carbocycles. The van der Waals surface area contributed by atoms with Gasteiger partial charge in [0.25, 0.3) is 0 Å². The van der Waals surface area contributed by atoms with Crippen molar-refractivity contribution in [3.63, 3.8) is 0 Å². The van der Waals surface area contributed by atoms with E-state index >= 15 is 0 Å². The van der Waals surface area contributed by atoms with Crippen LogP contribution in [-0.4, -0.2) is 14.5 Å². The predicted molar refractivity (Wildman–Crippen MR) is 300 cm³/mol. The molecule has 0 unspecified atom stereocenters. The summed E-state index contributed by atoms with van der Waals surface area (Å²) < 4.78 is 2.41. The molecule has 2 aromatic heterocycles. The molecule has 0 saturated heterocycles. The Kier molecular flexibility index (Phi) is 7.89. The van der Waals surface area contributed by atoms with Crippen LogP contribution in [0.4, 0.5) is 0 Å². The van der Waals surface area contributed by atoms with Gasteiger partial charge in [0.05, 0.1) is 11.0 Å². The largest absolute Gasteiger partial charge is 0.309 e. The Labute approximate surface area is 408 Å². The van der Waals surface area contributed by atoms with Crippen molar-refractivity contribution in [3.8, 4) is 61.6 Å². The molecule has 13 aromatic carbocycles. The molecule has 16 rings (SSSR count). The van der Waals surface area contributed by atoms with Crippen LogP contribution in [0.25, 0.3) is 159 Å². The van der Waals surface area contributed by atoms with Gasteiger partial charge in [-0.15, -0.1) is 0 Å². The molecule has 1 aliphatic rings. The quantitative estimate of drug-likeness (QED) is 0.165. The zero-order chi connectivity index (χ0) is 46.3. The number of hydrogen-bond acceptors (Lipinski definition) is 2. The summed E-state index contributed by atoms with van der Waals surface area (Å²) >= 11 is 0. The van der Waals surface area contributed by atoms with Gasteiger partial charge >= 0.3 is 0 Å². The van der Waals surface area contributed by atoms with Gasteiger partial charge in [0, 0.05) is 34.4 Å². The van der Waals surface area contributed by atoms with Gasteiger partial charge in [-0.1, -0.05) is 164 Å². The molecule has 71 heavy (non-hydrogen) atoms. The summed E-state index contributed by atoms with van der Waals surface area (Å²) in [5, 5.41) is 20.0. The van der Waals surface area contributed by atoms with Gasteiger partial charge in [0.2, 0.25) is 0 Å². The Morgan fingerprint density at radius 2 is 0.803 bits per heavy atom. The molecule has 0 N–H and O–H groups in total. The molecule has 0 amide bonds. The van der Waals surface area contributed by atoms with Crippen molar-refractivity contribution >= 4 is 97.2 Å². The van der Waals surface area contributed by atoms with E-state index < -0.39 is 0 Å². The number of benzene rings is 13. The van der Waals surface area contributed by atoms with Gasteiger partial charge in [-0.2, -0.15) is 0 Å². The van der Waals surface area contributed by atoms with E-state index in [1.54, 1.807) is 0 Å². The average molecular weight is 898 g/mol. The van der Waals surface area contributed by atoms with E-state index in [2.05, 4.69) is 223 Å². The monoisotopic (exact) mass is 897 g/mol. The van der Waals surface area contributed by atoms with Crippen molar-refractivity contribution in [1.29, 1.82) is 0 Å². The Bertz CT molecular complexity index is 4760. The van der Waals surface area contributed by atoms with Crippen LogP contribution in [0.3, 0.4) is 0 Å². The zero-order valence-corrected chi connectivity index (χ0v) is 38.4. The van der Waals surface area contributed by atoms with Gasteiger partial charge < -0.3 is 4.57 Å². The van der Waals surface area contributed by atoms with Crippen molar-refractivity contribution in [2.24, 2.45) is 0 Å². The molecule has 2 heterocycles. The second kappa shape index (κ2) is 14.5. The first-order valence-corrected chi connectivity index (χ1v) is 24.5. The van der Waals surface area contributed by atoms with Gasteiger partial charge in [0.15, 0.2) is 5.82 Å². The molecule has 3 nitrogen and oxygen atoms in total. The highest BCUT2D eigenvalue weighted by Gasteiger charge is 2.26. The molecule has 0 aliphatic heterocycles. The normalized spacial score (nSPS) is 12.2. The minimum absolute atomic E-state index is 0.734. The molecule has 0 bridgehead atoms. The highest BCUT2D eigenvalue weighted by molar-refractivity contribution is 6.38. The molecular formula is C68H39N3. The Morgan fingerprint density at radius 1 is 0.254 bits per heavy atom. The lowest BCUT2D eigenvalue weighted by atomic mass is 9.85. The van der Waals surface area contributed by atoms with Gasteiger partial charge in [-0.3, -0.25) is 0 Å². The summed E-state index contributed by atoms with van der Waals surface area (Å²) in [6, 6.07) is 83.5. The van der Waals surface area contributed by atoms with Crippen LogP contribution < -0.4 is 0 Å². The fourth-order valence-electron chi connectivity index (χ4n) is 12.6. The first-order valence-electron chi connectivity index (χ1n) is 24.5. The van der Waals surface area contributed by atoms with E-state index in [0.29, 0.717) is 0 Å². The SMILES string of the molecule is c1cnc(-c2cc3c4ccccc4c4ccc5c(-c6cc7c8c(cc9ccccc9c8c6)-c6cc(-c8cccc(-n9c%10ccccc%10c%10ccccc%109)c8)ccc6-7)cccc5c4c3c3ccccc23)nc1. The maximum atomic E-state index is 4.75. The van der Waals surface area contributed by atoms with Crippen molar-refractivity contribution in [2.45, 2.75) is 0 Å². The molecule has 0 spiro atoms. The lowest BCUT2D eigenvalue weighted by Crippen LogP contribution is -1.94. The van der Waals surface area contributed by atoms with Crippen LogP contribution in [0.2, 0.25) is 0 Å². The average Bonchev–Trinajstić information content (AvgIpc) is 3.95. The van der Waals surface area contributed by atoms with Crippen LogP contribution in [0.5, 0.6) is 0 Å². The first-order chi connectivity index (χ1) is 35.2. The fraction of sp³-hybridized carbons (Fsp3) is 0. The van der Waals surface area contributed by atoms with Crippen LogP contribution >= 0.6 is 0 Å². The molecule has 1 aliphatic carbocycles. The first kappa shape index (κ1) is 38.5. The Balaban J connectivity index is 0.913. The lowest BCUT2D eigenvalue weighted by Gasteiger charge is -2.18. The van der Waals surface area contributed by atoms with E-state index in [1.165, 1.54) is 136 Å². The third-order valence-corrected chi connectivity index (χ3v) is 15.6. The summed E-state index contributed by atoms with van der Waals surface area (Å²) in [4.78, 5) is 9.50. The summed E-state index contributed by atoms with van der Waals surface area (Å²) in [5.41, 5.74) is 14.6. The molecular weight excluding hydrogens is 859 g/mol. The lowest BCUT2D eigenvalue weighted by molar-refractivity contribution is 1.18. The molecule has 326 valence electrons. The van der Waals surface area contributed by atoms with Crippen LogP contribution in [0.1, 0.15) is 0 Å². The topological polar surface area (TPSA) is 30.7 Å². The highest BCUT2D eigenvalue weighted by Crippen LogP contribution is 2.53. The van der Waals surface area contributed by atoms with Crippen molar-refractivity contribution < 1.29 is 0 Å². The molecule has 0 radical (unpaired) electrons. The third-order valence-electron chi connectivity index (χ3n) is 15.6. The predicted octanol–water partition coefficient (Wildman–Crippen LogP) is 18.3. The van der Waals surface area contributed by atoms with E-state index in [0.717, 1.165) is 22.5 Å². The number of hydrogen-bond donors (Lipinski definition) is 0. The van der Waals surface area contributed by atoms with Crippen molar-refractivity contribution in [2.75, 3.05) is 0 Å². The Hall–Kier alpha value is -9.44. The zero-order valence-electron chi connectivity index (χ0n) is 38.4. The van der Waals surface area contributed by atoms with E-state index in [9.17, 15) is 0 Å². The summed E-state index contributed by atoms with van der Waals surface area (Å²) in [5.74, 6) is 0.734. The summed E-state index contributed by atoms with van der Waals surface area (Å²) in [6.45, 7) is 0. The minimum atomic E-state index is 0.734. The van der Waals surface area contributed by atoms with E-state index in [1.807, 2.05) is 18.5 Å². The van der Waals surface area contributed by atoms with Gasteiger partial charge in [-0.05, 0) is 181 Å². The molecule has 0 fully saturated rings. The van der Waals surface area contributed by atoms with Crippen LogP contribution in [0.15, 0.2) is 237 Å². The molecule has 0 atom stereocenters. The summed E-state index contributed by atoms with van der Waals surface area (Å²) in [6.07, 6.45) is 3.67. The molecule has 3 heteroatoms. The maximum Gasteiger partial charge on any atom is 0.159 e. The van der Waals surface area contributed by atoms with Crippen molar-refractivity contribution in [1.82, 2.24) is 14.5 Å². The van der Waals surface area contributed by atoms with Crippen LogP contribution in [-0.2, 0) is 0 Å². The van der Waals surface area contributed by atoms with E-state index in [-0.39, 0.29) is 0 Å². The van der Waals surface area contributed by atoms with Gasteiger partial charge in [-0.25, -0.2) is 9.97 Å². The number of para-hydroxylation sites is 2. The smallest absolute Gasteiger partial charge is 0.159 e. The number of rotatable bonds is 4. The highest BCUT2D eigenvalue weighted by atomic mass is 15.0. The third kappa shape index (κ3) is 5.43. The fourth-order valence-corrected chi connectivity index (χ4v) is 12.6. The summed E-state index contributed by atoms with van der Waals surface area (Å²) in [7, 11) is 0. The minimum Gasteiger partial charge on any atom is -0.309 e. The number of fused-ring (bicyclic) bond motifs is 18. The molecule has 15 aromatic rings. The number of aromatic nitrogens is 3. The standard InChI is InChI=1S/C68H39N3/c1-2-17-45-42(14-1)36-60-57-35-41(40-15-11-16-44(34-40)71-63-26-9-7-21-52(63)53-22-8-10-27-64(53)71)28-29-51(57)59-38-43(37-58(45)65(59)60)46-24-12-25-55-50(46)30-31-56-47-18-3-4-19-48(47)61-39-62(68-69-32-13-33-70-68)49-20-5-6-23-54(49)67(61)66(55)56/h1-39H. The second-order valence-electron chi connectivity index (χ2n) is 19.2. The van der Waals surface area contributed by atoms with E-state index in [4.69, 9.17) is 9.97 Å². The second-order valence-corrected chi connectivity index (χ2v) is 19.2. The van der Waals surface area contributed by atoms with Gasteiger partial charge in [0.1, 0.15) is 0 Å². The maximum absolute atomic E-state index is 4.75. The Morgan fingerprint density at radius 3 is 1.59 bits per heavy atom.